The van der Waals surface area contributed by atoms with Crippen molar-refractivity contribution < 1.29 is 17.9 Å². The van der Waals surface area contributed by atoms with Crippen LogP contribution in [0.2, 0.25) is 5.02 Å². The minimum absolute atomic E-state index is 0.0602. The highest BCUT2D eigenvalue weighted by molar-refractivity contribution is 7.89. The van der Waals surface area contributed by atoms with Crippen LogP contribution in [0.25, 0.3) is 0 Å². The van der Waals surface area contributed by atoms with Gasteiger partial charge in [-0.2, -0.15) is 4.31 Å². The molecule has 1 atom stereocenters. The smallest absolute Gasteiger partial charge is 0.243 e. The van der Waals surface area contributed by atoms with Crippen LogP contribution in [0.4, 0.5) is 0 Å². The van der Waals surface area contributed by atoms with E-state index in [0.29, 0.717) is 31.0 Å². The first-order valence-electron chi connectivity index (χ1n) is 9.58. The maximum Gasteiger partial charge on any atom is 0.243 e. The van der Waals surface area contributed by atoms with E-state index in [1.807, 2.05) is 38.1 Å². The van der Waals surface area contributed by atoms with E-state index in [2.05, 4.69) is 5.32 Å². The lowest BCUT2D eigenvalue weighted by atomic mass is 10.2. The molecule has 1 aliphatic heterocycles. The first-order chi connectivity index (χ1) is 13.8. The molecule has 29 heavy (non-hydrogen) atoms. The van der Waals surface area contributed by atoms with Gasteiger partial charge in [0.25, 0.3) is 0 Å². The van der Waals surface area contributed by atoms with Gasteiger partial charge in [-0.1, -0.05) is 23.7 Å². The van der Waals surface area contributed by atoms with Gasteiger partial charge < -0.3 is 10.1 Å². The third-order valence-corrected chi connectivity index (χ3v) is 6.84. The molecule has 1 saturated heterocycles. The summed E-state index contributed by atoms with van der Waals surface area (Å²) in [5.74, 6) is 0.440. The Hall–Kier alpha value is -2.09. The monoisotopic (exact) mass is 436 g/mol. The number of hydrogen-bond donors (Lipinski definition) is 1. The molecule has 0 radical (unpaired) electrons. The van der Waals surface area contributed by atoms with Crippen molar-refractivity contribution in [2.24, 2.45) is 0 Å². The Morgan fingerprint density at radius 3 is 2.66 bits per heavy atom. The van der Waals surface area contributed by atoms with E-state index in [-0.39, 0.29) is 16.9 Å². The SMILES string of the molecule is CC(C)Oc1cccc(CNC(=O)C2CCCN2S(=O)(=O)c2ccc(Cl)cc2)c1. The summed E-state index contributed by atoms with van der Waals surface area (Å²) in [4.78, 5) is 12.9. The van der Waals surface area contributed by atoms with E-state index in [1.54, 1.807) is 0 Å². The number of sulfonamides is 1. The number of amides is 1. The fourth-order valence-electron chi connectivity index (χ4n) is 3.34. The van der Waals surface area contributed by atoms with Gasteiger partial charge in [0.15, 0.2) is 0 Å². The third-order valence-electron chi connectivity index (χ3n) is 4.66. The number of nitrogens with zero attached hydrogens (tertiary/aromatic N) is 1. The van der Waals surface area contributed by atoms with E-state index in [1.165, 1.54) is 28.6 Å². The van der Waals surface area contributed by atoms with Crippen molar-refractivity contribution in [3.63, 3.8) is 0 Å². The van der Waals surface area contributed by atoms with Gasteiger partial charge in [-0.25, -0.2) is 8.42 Å². The van der Waals surface area contributed by atoms with Crippen molar-refractivity contribution in [2.75, 3.05) is 6.54 Å². The van der Waals surface area contributed by atoms with Crippen LogP contribution in [0.15, 0.2) is 53.4 Å². The van der Waals surface area contributed by atoms with Crippen molar-refractivity contribution in [1.29, 1.82) is 0 Å². The number of hydrogen-bond acceptors (Lipinski definition) is 4. The number of rotatable bonds is 7. The molecular formula is C21H25ClN2O4S. The molecule has 1 unspecified atom stereocenters. The Morgan fingerprint density at radius 1 is 1.24 bits per heavy atom. The van der Waals surface area contributed by atoms with Gasteiger partial charge in [0.05, 0.1) is 11.0 Å². The number of carbonyl (C=O) groups excluding carboxylic acids is 1. The molecule has 1 N–H and O–H groups in total. The van der Waals surface area contributed by atoms with E-state index in [0.717, 1.165) is 11.3 Å². The lowest BCUT2D eigenvalue weighted by Gasteiger charge is -2.23. The quantitative estimate of drug-likeness (QED) is 0.719. The van der Waals surface area contributed by atoms with Crippen molar-refractivity contribution in [3.05, 3.63) is 59.1 Å². The molecule has 1 heterocycles. The van der Waals surface area contributed by atoms with Gasteiger partial charge in [0.1, 0.15) is 11.8 Å². The molecule has 0 bridgehead atoms. The molecule has 0 spiro atoms. The summed E-state index contributed by atoms with van der Waals surface area (Å²) in [5, 5.41) is 3.32. The standard InChI is InChI=1S/C21H25ClN2O4S/c1-15(2)28-18-6-3-5-16(13-18)14-23-21(25)20-7-4-12-24(20)29(26,27)19-10-8-17(22)9-11-19/h3,5-6,8-11,13,15,20H,4,7,12,14H2,1-2H3,(H,23,25). The molecule has 156 valence electrons. The zero-order chi connectivity index (χ0) is 21.0. The minimum Gasteiger partial charge on any atom is -0.491 e. The molecular weight excluding hydrogens is 412 g/mol. The second-order valence-corrected chi connectivity index (χ2v) is 9.59. The summed E-state index contributed by atoms with van der Waals surface area (Å²) >= 11 is 5.86. The third kappa shape index (κ3) is 5.29. The fraction of sp³-hybridized carbons (Fsp3) is 0.381. The van der Waals surface area contributed by atoms with Crippen LogP contribution in [0.5, 0.6) is 5.75 Å². The molecule has 2 aromatic carbocycles. The van der Waals surface area contributed by atoms with E-state index in [9.17, 15) is 13.2 Å². The van der Waals surface area contributed by atoms with Crippen LogP contribution in [0.3, 0.4) is 0 Å². The molecule has 1 fully saturated rings. The van der Waals surface area contributed by atoms with Crippen molar-refractivity contribution >= 4 is 27.5 Å². The highest BCUT2D eigenvalue weighted by Gasteiger charge is 2.39. The molecule has 2 aromatic rings. The summed E-state index contributed by atoms with van der Waals surface area (Å²) in [7, 11) is -3.76. The van der Waals surface area contributed by atoms with Gasteiger partial charge in [-0.15, -0.1) is 0 Å². The highest BCUT2D eigenvalue weighted by atomic mass is 35.5. The number of nitrogens with one attached hydrogen (secondary N) is 1. The average molecular weight is 437 g/mol. The largest absolute Gasteiger partial charge is 0.491 e. The first kappa shape index (κ1) is 21.6. The number of benzene rings is 2. The second-order valence-electron chi connectivity index (χ2n) is 7.26. The number of carbonyl (C=O) groups is 1. The Morgan fingerprint density at radius 2 is 1.97 bits per heavy atom. The second kappa shape index (κ2) is 9.15. The van der Waals surface area contributed by atoms with Crippen LogP contribution >= 0.6 is 11.6 Å². The molecule has 0 aromatic heterocycles. The van der Waals surface area contributed by atoms with Gasteiger partial charge in [0, 0.05) is 18.1 Å². The number of halogens is 1. The maximum atomic E-state index is 13.0. The lowest BCUT2D eigenvalue weighted by molar-refractivity contribution is -0.124. The fourth-order valence-corrected chi connectivity index (χ4v) is 5.12. The summed E-state index contributed by atoms with van der Waals surface area (Å²) in [5.41, 5.74) is 0.890. The van der Waals surface area contributed by atoms with Crippen LogP contribution in [0, 0.1) is 0 Å². The van der Waals surface area contributed by atoms with E-state index >= 15 is 0 Å². The maximum absolute atomic E-state index is 13.0. The Labute approximate surface area is 176 Å². The highest BCUT2D eigenvalue weighted by Crippen LogP contribution is 2.27. The van der Waals surface area contributed by atoms with E-state index in [4.69, 9.17) is 16.3 Å². The summed E-state index contributed by atoms with van der Waals surface area (Å²) < 4.78 is 32.9. The summed E-state index contributed by atoms with van der Waals surface area (Å²) in [6, 6.07) is 12.8. The lowest BCUT2D eigenvalue weighted by Crippen LogP contribution is -2.45. The number of ether oxygens (including phenoxy) is 1. The molecule has 8 heteroatoms. The first-order valence-corrected chi connectivity index (χ1v) is 11.4. The average Bonchev–Trinajstić information content (AvgIpc) is 3.17. The van der Waals surface area contributed by atoms with Crippen LogP contribution in [-0.4, -0.2) is 37.3 Å². The Bertz CT molecular complexity index is 961. The predicted octanol–water partition coefficient (Wildman–Crippen LogP) is 3.60. The Balaban J connectivity index is 1.68. The molecule has 3 rings (SSSR count). The minimum atomic E-state index is -3.76. The summed E-state index contributed by atoms with van der Waals surface area (Å²) in [6.45, 7) is 4.52. The van der Waals surface area contributed by atoms with Gasteiger partial charge >= 0.3 is 0 Å². The summed E-state index contributed by atoms with van der Waals surface area (Å²) in [6.07, 6.45) is 1.20. The zero-order valence-electron chi connectivity index (χ0n) is 16.5. The van der Waals surface area contributed by atoms with Crippen LogP contribution < -0.4 is 10.1 Å². The van der Waals surface area contributed by atoms with E-state index < -0.39 is 16.1 Å². The van der Waals surface area contributed by atoms with Gasteiger partial charge in [0.2, 0.25) is 15.9 Å². The van der Waals surface area contributed by atoms with Crippen molar-refractivity contribution in [1.82, 2.24) is 9.62 Å². The zero-order valence-corrected chi connectivity index (χ0v) is 18.0. The predicted molar refractivity (Wildman–Crippen MR) is 112 cm³/mol. The van der Waals surface area contributed by atoms with Gasteiger partial charge in [-0.05, 0) is 68.7 Å². The molecule has 0 saturated carbocycles. The molecule has 1 aliphatic rings. The normalized spacial score (nSPS) is 17.4. The topological polar surface area (TPSA) is 75.7 Å². The van der Waals surface area contributed by atoms with Crippen molar-refractivity contribution in [3.8, 4) is 5.75 Å². The molecule has 1 amide bonds. The van der Waals surface area contributed by atoms with Crippen LogP contribution in [0.1, 0.15) is 32.3 Å². The molecule has 0 aliphatic carbocycles. The van der Waals surface area contributed by atoms with Gasteiger partial charge in [-0.3, -0.25) is 4.79 Å². The molecule has 6 nitrogen and oxygen atoms in total. The van der Waals surface area contributed by atoms with Crippen LogP contribution in [-0.2, 0) is 21.4 Å². The Kier molecular flexibility index (Phi) is 6.82. The van der Waals surface area contributed by atoms with Crippen molar-refractivity contribution in [2.45, 2.75) is 50.3 Å².